The van der Waals surface area contributed by atoms with E-state index in [1.54, 1.807) is 0 Å². The number of benzene rings is 3. The van der Waals surface area contributed by atoms with Gasteiger partial charge in [0.2, 0.25) is 0 Å². The molecular formula is C23H20N2. The van der Waals surface area contributed by atoms with Crippen LogP contribution in [0.25, 0.3) is 28.2 Å². The van der Waals surface area contributed by atoms with Gasteiger partial charge < -0.3 is 0 Å². The second kappa shape index (κ2) is 6.40. The van der Waals surface area contributed by atoms with Crippen LogP contribution >= 0.6 is 0 Å². The highest BCUT2D eigenvalue weighted by Crippen LogP contribution is 2.29. The van der Waals surface area contributed by atoms with Crippen molar-refractivity contribution in [3.05, 3.63) is 96.1 Å². The lowest BCUT2D eigenvalue weighted by Gasteiger charge is -2.09. The minimum atomic E-state index is 0.985. The quantitative estimate of drug-likeness (QED) is 0.464. The lowest BCUT2D eigenvalue weighted by Crippen LogP contribution is -1.99. The molecule has 0 spiro atoms. The van der Waals surface area contributed by atoms with Gasteiger partial charge in [0.05, 0.1) is 17.1 Å². The summed E-state index contributed by atoms with van der Waals surface area (Å²) >= 11 is 0. The molecule has 4 aromatic rings. The van der Waals surface area contributed by atoms with Crippen molar-refractivity contribution in [2.45, 2.75) is 13.8 Å². The van der Waals surface area contributed by atoms with Crippen LogP contribution in [0.4, 0.5) is 0 Å². The number of nitrogens with zero attached hydrogens (tertiary/aromatic N) is 2. The van der Waals surface area contributed by atoms with Crippen molar-refractivity contribution in [2.75, 3.05) is 0 Å². The van der Waals surface area contributed by atoms with Gasteiger partial charge in [-0.05, 0) is 43.7 Å². The number of aromatic nitrogens is 2. The summed E-state index contributed by atoms with van der Waals surface area (Å²) in [5, 5.41) is 4.91. The minimum Gasteiger partial charge on any atom is -0.232 e. The monoisotopic (exact) mass is 324 g/mol. The highest BCUT2D eigenvalue weighted by atomic mass is 15.3. The van der Waals surface area contributed by atoms with Crippen LogP contribution < -0.4 is 0 Å². The second-order valence-electron chi connectivity index (χ2n) is 6.40. The molecule has 25 heavy (non-hydrogen) atoms. The van der Waals surface area contributed by atoms with Crippen LogP contribution in [0.15, 0.2) is 84.9 Å². The lowest BCUT2D eigenvalue weighted by atomic mass is 10.1. The van der Waals surface area contributed by atoms with Gasteiger partial charge >= 0.3 is 0 Å². The van der Waals surface area contributed by atoms with Gasteiger partial charge in [-0.15, -0.1) is 0 Å². The summed E-state index contributed by atoms with van der Waals surface area (Å²) in [6, 6.07) is 29.5. The van der Waals surface area contributed by atoms with E-state index in [0.29, 0.717) is 0 Å². The van der Waals surface area contributed by atoms with Crippen molar-refractivity contribution >= 4 is 0 Å². The van der Waals surface area contributed by atoms with Gasteiger partial charge in [0, 0.05) is 11.1 Å². The Hall–Kier alpha value is -3.13. The molecule has 0 saturated carbocycles. The van der Waals surface area contributed by atoms with Gasteiger partial charge in [-0.2, -0.15) is 5.10 Å². The van der Waals surface area contributed by atoms with Gasteiger partial charge in [0.25, 0.3) is 0 Å². The first kappa shape index (κ1) is 15.4. The van der Waals surface area contributed by atoms with E-state index in [4.69, 9.17) is 5.10 Å². The number of rotatable bonds is 3. The normalized spacial score (nSPS) is 10.8. The zero-order chi connectivity index (χ0) is 17.2. The van der Waals surface area contributed by atoms with Gasteiger partial charge in [-0.1, -0.05) is 66.2 Å². The summed E-state index contributed by atoms with van der Waals surface area (Å²) in [4.78, 5) is 0. The molecule has 0 aliphatic heterocycles. The summed E-state index contributed by atoms with van der Waals surface area (Å²) in [6.45, 7) is 4.23. The zero-order valence-electron chi connectivity index (χ0n) is 14.5. The first-order valence-electron chi connectivity index (χ1n) is 8.50. The van der Waals surface area contributed by atoms with Crippen molar-refractivity contribution in [3.63, 3.8) is 0 Å². The Morgan fingerprint density at radius 2 is 1.32 bits per heavy atom. The minimum absolute atomic E-state index is 0.985. The van der Waals surface area contributed by atoms with Crippen LogP contribution in [-0.2, 0) is 0 Å². The van der Waals surface area contributed by atoms with E-state index in [0.717, 1.165) is 22.6 Å². The van der Waals surface area contributed by atoms with Crippen LogP contribution in [0.2, 0.25) is 0 Å². The maximum atomic E-state index is 4.91. The predicted molar refractivity (Wildman–Crippen MR) is 104 cm³/mol. The molecule has 2 heteroatoms. The van der Waals surface area contributed by atoms with Crippen LogP contribution in [0.5, 0.6) is 0 Å². The van der Waals surface area contributed by atoms with E-state index in [1.165, 1.54) is 16.7 Å². The standard InChI is InChI=1S/C23H20N2/c1-17-8-6-12-20(14-17)23-16-22(19-10-4-3-5-11-19)24-25(23)21-13-7-9-18(2)15-21/h3-16H,1-2H3. The van der Waals surface area contributed by atoms with Crippen LogP contribution in [-0.4, -0.2) is 9.78 Å². The Bertz CT molecular complexity index is 950. The maximum absolute atomic E-state index is 4.91. The van der Waals surface area contributed by atoms with Crippen molar-refractivity contribution < 1.29 is 0 Å². The van der Waals surface area contributed by atoms with Gasteiger partial charge in [0.15, 0.2) is 0 Å². The number of hydrogen-bond donors (Lipinski definition) is 0. The predicted octanol–water partition coefficient (Wildman–Crippen LogP) is 5.82. The molecule has 0 radical (unpaired) electrons. The fourth-order valence-corrected chi connectivity index (χ4v) is 3.10. The average molecular weight is 324 g/mol. The molecule has 0 amide bonds. The first-order chi connectivity index (χ1) is 12.2. The molecule has 0 atom stereocenters. The van der Waals surface area contributed by atoms with Gasteiger partial charge in [0.1, 0.15) is 0 Å². The van der Waals surface area contributed by atoms with E-state index in [9.17, 15) is 0 Å². The Balaban J connectivity index is 1.93. The van der Waals surface area contributed by atoms with Crippen LogP contribution in [0.3, 0.4) is 0 Å². The van der Waals surface area contributed by atoms with E-state index in [-0.39, 0.29) is 0 Å². The van der Waals surface area contributed by atoms with Crippen LogP contribution in [0.1, 0.15) is 11.1 Å². The molecule has 2 nitrogen and oxygen atoms in total. The molecule has 122 valence electrons. The molecule has 1 heterocycles. The molecule has 1 aromatic heterocycles. The van der Waals surface area contributed by atoms with E-state index in [2.05, 4.69) is 80.6 Å². The lowest BCUT2D eigenvalue weighted by molar-refractivity contribution is 0.890. The Morgan fingerprint density at radius 1 is 0.640 bits per heavy atom. The average Bonchev–Trinajstić information content (AvgIpc) is 3.08. The zero-order valence-corrected chi connectivity index (χ0v) is 14.5. The fraction of sp³-hybridized carbons (Fsp3) is 0.0870. The van der Waals surface area contributed by atoms with Gasteiger partial charge in [-0.3, -0.25) is 0 Å². The SMILES string of the molecule is Cc1cccc(-c2cc(-c3ccccc3)nn2-c2cccc(C)c2)c1. The van der Waals surface area contributed by atoms with Crippen molar-refractivity contribution in [2.24, 2.45) is 0 Å². The molecule has 0 aliphatic carbocycles. The van der Waals surface area contributed by atoms with Crippen molar-refractivity contribution in [1.82, 2.24) is 9.78 Å². The summed E-state index contributed by atoms with van der Waals surface area (Å²) < 4.78 is 2.05. The fourth-order valence-electron chi connectivity index (χ4n) is 3.10. The van der Waals surface area contributed by atoms with Crippen LogP contribution in [0, 0.1) is 13.8 Å². The first-order valence-corrected chi connectivity index (χ1v) is 8.50. The smallest absolute Gasteiger partial charge is 0.0934 e. The molecular weight excluding hydrogens is 304 g/mol. The summed E-state index contributed by atoms with van der Waals surface area (Å²) in [5.41, 5.74) is 7.95. The van der Waals surface area contributed by atoms with E-state index in [1.807, 2.05) is 22.9 Å². The molecule has 0 saturated heterocycles. The second-order valence-corrected chi connectivity index (χ2v) is 6.40. The molecule has 0 bridgehead atoms. The van der Waals surface area contributed by atoms with Gasteiger partial charge in [-0.25, -0.2) is 4.68 Å². The Labute approximate surface area is 148 Å². The highest BCUT2D eigenvalue weighted by Gasteiger charge is 2.13. The maximum Gasteiger partial charge on any atom is 0.0934 e. The summed E-state index contributed by atoms with van der Waals surface area (Å²) in [7, 11) is 0. The third kappa shape index (κ3) is 3.11. The molecule has 0 fully saturated rings. The molecule has 0 aliphatic rings. The summed E-state index contributed by atoms with van der Waals surface area (Å²) in [5.74, 6) is 0. The molecule has 0 N–H and O–H groups in total. The number of aryl methyl sites for hydroxylation is 2. The Kier molecular flexibility index (Phi) is 3.95. The summed E-state index contributed by atoms with van der Waals surface area (Å²) in [6.07, 6.45) is 0. The topological polar surface area (TPSA) is 17.8 Å². The van der Waals surface area contributed by atoms with E-state index < -0.39 is 0 Å². The largest absolute Gasteiger partial charge is 0.232 e. The Morgan fingerprint density at radius 3 is 2.04 bits per heavy atom. The molecule has 0 unspecified atom stereocenters. The highest BCUT2D eigenvalue weighted by molar-refractivity contribution is 5.71. The third-order valence-electron chi connectivity index (χ3n) is 4.34. The van der Waals surface area contributed by atoms with Crippen molar-refractivity contribution in [3.8, 4) is 28.2 Å². The third-order valence-corrected chi connectivity index (χ3v) is 4.34. The van der Waals surface area contributed by atoms with Crippen molar-refractivity contribution in [1.29, 1.82) is 0 Å². The van der Waals surface area contributed by atoms with E-state index >= 15 is 0 Å². The molecule has 3 aromatic carbocycles. The molecule has 4 rings (SSSR count). The number of hydrogen-bond acceptors (Lipinski definition) is 1.